The summed E-state index contributed by atoms with van der Waals surface area (Å²) in [6, 6.07) is 15.3. The second kappa shape index (κ2) is 13.8. The quantitative estimate of drug-likeness (QED) is 0.260. The topological polar surface area (TPSA) is 96.0 Å². The van der Waals surface area contributed by atoms with Gasteiger partial charge in [-0.25, -0.2) is 0 Å². The summed E-state index contributed by atoms with van der Waals surface area (Å²) in [5.41, 5.74) is 4.84. The molecule has 3 aliphatic carbocycles. The van der Waals surface area contributed by atoms with Gasteiger partial charge in [0.25, 0.3) is 0 Å². The highest BCUT2D eigenvalue weighted by Gasteiger charge is 2.41. The van der Waals surface area contributed by atoms with E-state index >= 15 is 0 Å². The monoisotopic (exact) mass is 704 g/mol. The Morgan fingerprint density at radius 3 is 1.60 bits per heavy atom. The van der Waals surface area contributed by atoms with E-state index in [-0.39, 0.29) is 22.4 Å². The van der Waals surface area contributed by atoms with Crippen LogP contribution in [0.3, 0.4) is 0 Å². The van der Waals surface area contributed by atoms with Crippen LogP contribution in [-0.2, 0) is 46.5 Å². The lowest BCUT2D eigenvalue weighted by molar-refractivity contribution is -0.127. The molecule has 250 valence electrons. The molecule has 0 unspecified atom stereocenters. The zero-order valence-electron chi connectivity index (χ0n) is 28.9. The van der Waals surface area contributed by atoms with Gasteiger partial charge in [-0.1, -0.05) is 33.8 Å². The first kappa shape index (κ1) is 36.1. The zero-order valence-corrected chi connectivity index (χ0v) is 30.5. The predicted molar refractivity (Wildman–Crippen MR) is 186 cm³/mol. The SMILES string of the molecule is COc1cc2c(cc1Br)CC(C)(C)C(=O)C2.COc1ccc2c(c1)CC(=O)C(C)(C)C2.COc1ccc2c(c1)CC(=O)C(C)(C)C2=O. The van der Waals surface area contributed by atoms with Crippen molar-refractivity contribution >= 4 is 39.1 Å². The van der Waals surface area contributed by atoms with Crippen molar-refractivity contribution in [1.29, 1.82) is 0 Å². The third-order valence-electron chi connectivity index (χ3n) is 9.54. The molecular weight excluding hydrogens is 660 g/mol. The molecule has 7 nitrogen and oxygen atoms in total. The Morgan fingerprint density at radius 2 is 1.04 bits per heavy atom. The molecular formula is C39H45BrO7. The van der Waals surface area contributed by atoms with E-state index < -0.39 is 5.41 Å². The maximum Gasteiger partial charge on any atom is 0.176 e. The van der Waals surface area contributed by atoms with Crippen LogP contribution < -0.4 is 14.2 Å². The molecule has 6 rings (SSSR count). The van der Waals surface area contributed by atoms with Crippen molar-refractivity contribution in [3.05, 3.63) is 86.4 Å². The highest BCUT2D eigenvalue weighted by molar-refractivity contribution is 9.10. The number of carbonyl (C=O) groups is 4. The molecule has 0 saturated heterocycles. The van der Waals surface area contributed by atoms with Crippen molar-refractivity contribution in [2.75, 3.05) is 21.3 Å². The van der Waals surface area contributed by atoms with Gasteiger partial charge in [-0.05, 0) is 113 Å². The van der Waals surface area contributed by atoms with Crippen molar-refractivity contribution < 1.29 is 33.4 Å². The van der Waals surface area contributed by atoms with Gasteiger partial charge >= 0.3 is 0 Å². The zero-order chi connectivity index (χ0) is 34.9. The number of ketones is 4. The first-order valence-corrected chi connectivity index (χ1v) is 16.6. The maximum atomic E-state index is 12.1. The van der Waals surface area contributed by atoms with Crippen LogP contribution in [0, 0.1) is 16.2 Å². The molecule has 0 amide bonds. The fraction of sp³-hybridized carbons (Fsp3) is 0.436. The average Bonchev–Trinajstić information content (AvgIpc) is 3.01. The highest BCUT2D eigenvalue weighted by atomic mass is 79.9. The van der Waals surface area contributed by atoms with Crippen LogP contribution in [0.25, 0.3) is 0 Å². The van der Waals surface area contributed by atoms with Gasteiger partial charge in [-0.15, -0.1) is 0 Å². The molecule has 0 saturated carbocycles. The summed E-state index contributed by atoms with van der Waals surface area (Å²) < 4.78 is 16.4. The lowest BCUT2D eigenvalue weighted by Crippen LogP contribution is -2.39. The van der Waals surface area contributed by atoms with E-state index in [9.17, 15) is 19.2 Å². The number of halogens is 1. The van der Waals surface area contributed by atoms with E-state index in [4.69, 9.17) is 14.2 Å². The van der Waals surface area contributed by atoms with Crippen LogP contribution in [0.15, 0.2) is 53.0 Å². The second-order valence-corrected chi connectivity index (χ2v) is 15.1. The first-order valence-electron chi connectivity index (χ1n) is 15.8. The summed E-state index contributed by atoms with van der Waals surface area (Å²) >= 11 is 3.48. The molecule has 0 aliphatic heterocycles. The number of carbonyl (C=O) groups excluding carboxylic acids is 4. The van der Waals surface area contributed by atoms with Gasteiger partial charge in [0, 0.05) is 35.7 Å². The van der Waals surface area contributed by atoms with Crippen LogP contribution in [0.2, 0.25) is 0 Å². The summed E-state index contributed by atoms with van der Waals surface area (Å²) in [6.07, 6.45) is 3.02. The van der Waals surface area contributed by atoms with Crippen LogP contribution in [0.5, 0.6) is 17.2 Å². The fourth-order valence-corrected chi connectivity index (χ4v) is 6.64. The molecule has 0 bridgehead atoms. The standard InChI is InChI=1S/C13H15BrO2.C13H14O3.C13H16O2/c1-13(2)7-9-4-10(14)11(16-3)5-8(9)6-12(13)15;1-13(2)11(14)7-8-6-9(16-3)4-5-10(8)12(13)15;1-13(2)8-9-4-5-11(15-3)6-10(9)7-12(13)14/h4-5H,6-7H2,1-3H3;4-6H,7H2,1-3H3;4-6H,7-8H2,1-3H3. The molecule has 3 aliphatic rings. The van der Waals surface area contributed by atoms with Gasteiger partial charge < -0.3 is 14.2 Å². The van der Waals surface area contributed by atoms with Gasteiger partial charge in [0.1, 0.15) is 28.8 Å². The fourth-order valence-electron chi connectivity index (χ4n) is 6.08. The lowest BCUT2D eigenvalue weighted by Gasteiger charge is -2.30. The Kier molecular flexibility index (Phi) is 10.6. The molecule has 3 aromatic carbocycles. The third kappa shape index (κ3) is 7.69. The minimum atomic E-state index is -0.887. The van der Waals surface area contributed by atoms with Crippen molar-refractivity contribution in [1.82, 2.24) is 0 Å². The number of fused-ring (bicyclic) bond motifs is 3. The highest BCUT2D eigenvalue weighted by Crippen LogP contribution is 2.38. The van der Waals surface area contributed by atoms with Gasteiger partial charge in [-0.2, -0.15) is 0 Å². The van der Waals surface area contributed by atoms with Crippen LogP contribution >= 0.6 is 15.9 Å². The van der Waals surface area contributed by atoms with E-state index in [0.29, 0.717) is 42.1 Å². The maximum absolute atomic E-state index is 12.1. The predicted octanol–water partition coefficient (Wildman–Crippen LogP) is 7.57. The number of benzene rings is 3. The van der Waals surface area contributed by atoms with Gasteiger partial charge in [0.05, 0.1) is 31.2 Å². The molecule has 8 heteroatoms. The van der Waals surface area contributed by atoms with E-state index in [1.54, 1.807) is 53.4 Å². The van der Waals surface area contributed by atoms with E-state index in [1.807, 2.05) is 45.9 Å². The minimum absolute atomic E-state index is 0.0294. The summed E-state index contributed by atoms with van der Waals surface area (Å²) in [4.78, 5) is 47.7. The molecule has 3 aromatic rings. The Bertz CT molecular complexity index is 1730. The van der Waals surface area contributed by atoms with Crippen molar-refractivity contribution in [2.24, 2.45) is 16.2 Å². The van der Waals surface area contributed by atoms with E-state index in [1.165, 1.54) is 11.1 Å². The Balaban J connectivity index is 0.000000160. The lowest BCUT2D eigenvalue weighted by atomic mass is 9.72. The summed E-state index contributed by atoms with van der Waals surface area (Å²) in [6.45, 7) is 11.4. The summed E-state index contributed by atoms with van der Waals surface area (Å²) in [5.74, 6) is 2.82. The molecule has 0 N–H and O–H groups in total. The third-order valence-corrected chi connectivity index (χ3v) is 10.2. The average molecular weight is 706 g/mol. The normalized spacial score (nSPS) is 18.3. The van der Waals surface area contributed by atoms with E-state index in [2.05, 4.69) is 28.1 Å². The number of hydrogen-bond donors (Lipinski definition) is 0. The molecule has 0 spiro atoms. The number of methoxy groups -OCH3 is 3. The molecule has 0 atom stereocenters. The van der Waals surface area contributed by atoms with Crippen molar-refractivity contribution in [3.8, 4) is 17.2 Å². The Hall–Kier alpha value is -3.78. The Labute approximate surface area is 286 Å². The van der Waals surface area contributed by atoms with Crippen LogP contribution in [0.4, 0.5) is 0 Å². The largest absolute Gasteiger partial charge is 0.497 e. The first-order chi connectivity index (χ1) is 21.9. The summed E-state index contributed by atoms with van der Waals surface area (Å²) in [5, 5.41) is 0. The Morgan fingerprint density at radius 1 is 0.553 bits per heavy atom. The van der Waals surface area contributed by atoms with Crippen molar-refractivity contribution in [3.63, 3.8) is 0 Å². The smallest absolute Gasteiger partial charge is 0.176 e. The van der Waals surface area contributed by atoms with Crippen molar-refractivity contribution in [2.45, 2.75) is 73.6 Å². The van der Waals surface area contributed by atoms with Gasteiger partial charge in [-0.3, -0.25) is 19.2 Å². The molecule has 47 heavy (non-hydrogen) atoms. The number of hydrogen-bond acceptors (Lipinski definition) is 7. The number of Topliss-reactive ketones (excluding diaryl/α,β-unsaturated/α-hetero) is 4. The molecule has 0 radical (unpaired) electrons. The van der Waals surface area contributed by atoms with Crippen LogP contribution in [0.1, 0.15) is 79.7 Å². The van der Waals surface area contributed by atoms with E-state index in [0.717, 1.165) is 45.5 Å². The molecule has 0 aromatic heterocycles. The number of rotatable bonds is 3. The van der Waals surface area contributed by atoms with Crippen LogP contribution in [-0.4, -0.2) is 44.5 Å². The minimum Gasteiger partial charge on any atom is -0.497 e. The number of ether oxygens (including phenoxy) is 3. The second-order valence-electron chi connectivity index (χ2n) is 14.3. The summed E-state index contributed by atoms with van der Waals surface area (Å²) in [7, 11) is 4.86. The molecule has 0 heterocycles. The van der Waals surface area contributed by atoms with Gasteiger partial charge in [0.2, 0.25) is 0 Å². The van der Waals surface area contributed by atoms with Gasteiger partial charge in [0.15, 0.2) is 11.6 Å². The molecule has 0 fully saturated rings.